The van der Waals surface area contributed by atoms with E-state index in [9.17, 15) is 14.4 Å². The first-order valence-corrected chi connectivity index (χ1v) is 26.1. The number of carbonyl (C=O) groups is 3. The first-order chi connectivity index (χ1) is 35.5. The van der Waals surface area contributed by atoms with Gasteiger partial charge in [-0.2, -0.15) is 0 Å². The molecule has 0 atom stereocenters. The van der Waals surface area contributed by atoms with Gasteiger partial charge in [-0.3, -0.25) is 14.4 Å². The maximum absolute atomic E-state index is 14.8. The normalized spacial score (nSPS) is 15.8. The van der Waals surface area contributed by atoms with E-state index in [4.69, 9.17) is 0 Å². The van der Waals surface area contributed by atoms with Gasteiger partial charge in [-0.05, 0) is 55.7 Å². The number of nitrogens with zero attached hydrogens (tertiary/aromatic N) is 9. The molecule has 0 spiro atoms. The number of carbonyl (C=O) groups excluding carboxylic acids is 3. The van der Waals surface area contributed by atoms with Crippen molar-refractivity contribution in [1.29, 1.82) is 0 Å². The van der Waals surface area contributed by atoms with Crippen LogP contribution in [-0.2, 0) is 34.0 Å². The van der Waals surface area contributed by atoms with Crippen LogP contribution in [0.5, 0.6) is 0 Å². The highest BCUT2D eigenvalue weighted by atomic mass is 79.9. The third-order valence-corrected chi connectivity index (χ3v) is 16.0. The fourth-order valence-electron chi connectivity index (χ4n) is 12.7. The van der Waals surface area contributed by atoms with Crippen molar-refractivity contribution in [2.24, 2.45) is 0 Å². The predicted octanol–water partition coefficient (Wildman–Crippen LogP) is 1.58. The Morgan fingerprint density at radius 1 is 0.320 bits per heavy atom. The van der Waals surface area contributed by atoms with Crippen LogP contribution in [0, 0.1) is 0 Å². The van der Waals surface area contributed by atoms with E-state index in [1.54, 1.807) is 0 Å². The van der Waals surface area contributed by atoms with Crippen LogP contribution in [0.15, 0.2) is 146 Å². The molecule has 4 aliphatic rings. The summed E-state index contributed by atoms with van der Waals surface area (Å²) >= 11 is 0. The zero-order valence-corrected chi connectivity index (χ0v) is 46.9. The van der Waals surface area contributed by atoms with Crippen molar-refractivity contribution < 1.29 is 62.0 Å². The Balaban J connectivity index is 0.00000214. The predicted molar refractivity (Wildman–Crippen MR) is 295 cm³/mol. The first kappa shape index (κ1) is 52.0. The number of fused-ring (bicyclic) bond motifs is 18. The lowest BCUT2D eigenvalue weighted by atomic mass is 10.1. The molecule has 0 unspecified atom stereocenters. The van der Waals surface area contributed by atoms with Gasteiger partial charge < -0.3 is 48.7 Å². The fraction of sp³-hybridized carbons (Fsp3) is 0.300. The van der Waals surface area contributed by atoms with E-state index >= 15 is 0 Å². The number of para-hydroxylation sites is 3. The van der Waals surface area contributed by atoms with Crippen molar-refractivity contribution >= 4 is 117 Å². The molecule has 0 saturated carbocycles. The van der Waals surface area contributed by atoms with Crippen LogP contribution < -0.4 is 62.4 Å². The lowest BCUT2D eigenvalue weighted by Crippen LogP contribution is -3.00. The largest absolute Gasteiger partial charge is 1.00 e. The van der Waals surface area contributed by atoms with Gasteiger partial charge in [-0.25, -0.2) is 28.4 Å². The topological polar surface area (TPSA) is 82.3 Å². The molecule has 1 fully saturated rings. The number of benzene rings is 6. The summed E-state index contributed by atoms with van der Waals surface area (Å²) in [7, 11) is 0. The zero-order chi connectivity index (χ0) is 48.3. The van der Waals surface area contributed by atoms with Crippen molar-refractivity contribution in [3.63, 3.8) is 0 Å². The Labute approximate surface area is 468 Å². The second-order valence-corrected chi connectivity index (χ2v) is 20.1. The van der Waals surface area contributed by atoms with Gasteiger partial charge in [0.25, 0.3) is 35.2 Å². The molecule has 1 saturated heterocycles. The Bertz CT molecular complexity index is 3280. The molecule has 0 aliphatic carbocycles. The summed E-state index contributed by atoms with van der Waals surface area (Å²) in [5.74, 6) is 3.48. The third-order valence-electron chi connectivity index (χ3n) is 16.0. The Hall–Kier alpha value is -6.42. The minimum Gasteiger partial charge on any atom is -1.00 e. The molecular weight excluding hydrogens is 1130 g/mol. The molecule has 0 radical (unpaired) electrons. The molecule has 12 nitrogen and oxygen atoms in total. The number of anilines is 3. The number of aromatic nitrogens is 3. The molecule has 15 heteroatoms. The van der Waals surface area contributed by atoms with Gasteiger partial charge >= 0.3 is 0 Å². The summed E-state index contributed by atoms with van der Waals surface area (Å²) in [6, 6.07) is 51.3. The molecule has 0 bridgehead atoms. The fourth-order valence-corrected chi connectivity index (χ4v) is 12.7. The highest BCUT2D eigenvalue weighted by Crippen LogP contribution is 2.35. The molecule has 3 aromatic heterocycles. The van der Waals surface area contributed by atoms with Crippen LogP contribution in [0.25, 0.3) is 65.0 Å². The molecular formula is C60H61Br3N9O3+. The average Bonchev–Trinajstić information content (AvgIpc) is 4.17. The van der Waals surface area contributed by atoms with Gasteiger partial charge in [0.1, 0.15) is 55.8 Å². The molecule has 6 aromatic carbocycles. The summed E-state index contributed by atoms with van der Waals surface area (Å²) in [4.78, 5) is 57.2. The monoisotopic (exact) mass is 1190 g/mol. The van der Waals surface area contributed by atoms with E-state index in [1.807, 2.05) is 14.7 Å². The van der Waals surface area contributed by atoms with E-state index in [-0.39, 0.29) is 88.3 Å². The minimum absolute atomic E-state index is 0. The van der Waals surface area contributed by atoms with Gasteiger partial charge in [0.05, 0.1) is 16.2 Å². The lowest BCUT2D eigenvalue weighted by molar-refractivity contribution is -0.643. The van der Waals surface area contributed by atoms with Crippen molar-refractivity contribution in [2.75, 3.05) is 93.2 Å². The van der Waals surface area contributed by atoms with Gasteiger partial charge in [-0.15, -0.1) is 17.0 Å². The second kappa shape index (κ2) is 22.0. The van der Waals surface area contributed by atoms with Gasteiger partial charge in [0.2, 0.25) is 0 Å². The number of halogens is 3. The molecule has 75 heavy (non-hydrogen) atoms. The average molecular weight is 1200 g/mol. The molecule has 9 aromatic rings. The summed E-state index contributed by atoms with van der Waals surface area (Å²) in [5.41, 5.74) is 3.53. The van der Waals surface area contributed by atoms with Crippen molar-refractivity contribution in [2.45, 2.75) is 38.9 Å². The second-order valence-electron chi connectivity index (χ2n) is 20.1. The van der Waals surface area contributed by atoms with Crippen molar-refractivity contribution in [3.8, 4) is 0 Å². The van der Waals surface area contributed by atoms with E-state index in [0.717, 1.165) is 72.9 Å². The van der Waals surface area contributed by atoms with E-state index in [2.05, 4.69) is 174 Å². The summed E-state index contributed by atoms with van der Waals surface area (Å²) in [6.45, 7) is 8.63. The third kappa shape index (κ3) is 9.32. The molecule has 0 N–H and O–H groups in total. The van der Waals surface area contributed by atoms with Crippen LogP contribution in [-0.4, -0.2) is 111 Å². The maximum atomic E-state index is 14.8. The van der Waals surface area contributed by atoms with E-state index in [0.29, 0.717) is 58.5 Å². The number of pyridine rings is 3. The standard InChI is InChI=1S/C60H60N9O3.3BrH/c70-55(40-64-34-37-67-52-25-10-7-19-46(52)43-16-1-4-22-49(43)58(64)67)61-28-13-30-62(56(71)41-65-35-38-68-53-26-11-8-20-47(53)44-17-2-5-23-50(44)59(65)68)32-15-33-63(31-14-29-61)57(72)42-66-36-39-69-54-27-12-9-21-48(54)45-18-3-6-24-51(45)60(66)69;;;/h1-12,16-27H,13-15,28-42H2;3*1H/q+3;;;/p-2. The quantitative estimate of drug-likeness (QED) is 0.186. The molecule has 384 valence electrons. The van der Waals surface area contributed by atoms with Crippen molar-refractivity contribution in [3.05, 3.63) is 146 Å². The Kier molecular flexibility index (Phi) is 15.3. The number of rotatable bonds is 6. The summed E-state index contributed by atoms with van der Waals surface area (Å²) in [6.07, 6.45) is 2.02. The van der Waals surface area contributed by atoms with Crippen LogP contribution >= 0.6 is 17.0 Å². The maximum Gasteiger partial charge on any atom is 0.285 e. The van der Waals surface area contributed by atoms with Crippen LogP contribution in [0.3, 0.4) is 0 Å². The highest BCUT2D eigenvalue weighted by Gasteiger charge is 2.38. The van der Waals surface area contributed by atoms with Gasteiger partial charge in [-0.1, -0.05) is 109 Å². The smallest absolute Gasteiger partial charge is 0.285 e. The van der Waals surface area contributed by atoms with Crippen LogP contribution in [0.4, 0.5) is 17.5 Å². The molecule has 3 amide bonds. The van der Waals surface area contributed by atoms with Crippen LogP contribution in [0.1, 0.15) is 19.3 Å². The lowest BCUT2D eigenvalue weighted by Gasteiger charge is -2.31. The van der Waals surface area contributed by atoms with Gasteiger partial charge in [0.15, 0.2) is 19.6 Å². The highest BCUT2D eigenvalue weighted by molar-refractivity contribution is 8.93. The molecule has 7 heterocycles. The molecule has 4 aliphatic heterocycles. The minimum atomic E-state index is 0. The first-order valence-electron chi connectivity index (χ1n) is 26.1. The van der Waals surface area contributed by atoms with Crippen molar-refractivity contribution in [1.82, 2.24) is 14.7 Å². The molecule has 13 rings (SSSR count). The van der Waals surface area contributed by atoms with Crippen LogP contribution in [0.2, 0.25) is 0 Å². The zero-order valence-electron chi connectivity index (χ0n) is 42.0. The summed E-state index contributed by atoms with van der Waals surface area (Å²) < 4.78 is 7.12. The SMILES string of the molecule is Br.O=C(CN1CC[n+]2c1c1ccccc1c1ccccc12)N1CCCN(C(=O)CN2CC[n+]3c2c2ccccc2c2ccccc23)CCCN(C(=O)CN2CC[n+]3c2c2ccccc2c2ccccc23)CCC1.[Br-].[Br-]. The number of amides is 3. The summed E-state index contributed by atoms with van der Waals surface area (Å²) in [5, 5.41) is 10.7. The van der Waals surface area contributed by atoms with Gasteiger partial charge in [0, 0.05) is 71.6 Å². The Morgan fingerprint density at radius 2 is 0.547 bits per heavy atom. The Morgan fingerprint density at radius 3 is 0.813 bits per heavy atom. The number of hydrogen-bond acceptors (Lipinski definition) is 6. The van der Waals surface area contributed by atoms with E-state index < -0.39 is 0 Å². The number of hydrogen-bond donors (Lipinski definition) is 0. The van der Waals surface area contributed by atoms with E-state index in [1.165, 1.54) is 48.9 Å².